The first-order valence-electron chi connectivity index (χ1n) is 16.0. The Bertz CT molecular complexity index is 1690. The van der Waals surface area contributed by atoms with Gasteiger partial charge >= 0.3 is 6.01 Å². The number of nitrogens with zero attached hydrogens (tertiary/aromatic N) is 7. The van der Waals surface area contributed by atoms with Gasteiger partial charge in [-0.25, -0.2) is 11.0 Å². The molecule has 6 rings (SSSR count). The zero-order chi connectivity index (χ0) is 32.6. The maximum atomic E-state index is 13.9. The quantitative estimate of drug-likeness (QED) is 0.196. The smallest absolute Gasteiger partial charge is 0.318 e. The summed E-state index contributed by atoms with van der Waals surface area (Å²) in [7, 11) is 2.15. The van der Waals surface area contributed by atoms with Gasteiger partial charge in [-0.3, -0.25) is 4.79 Å². The topological polar surface area (TPSA) is 69.4 Å². The fraction of sp³-hybridized carbons (Fsp3) is 0.486. The monoisotopic (exact) mass is 679 g/mol. The van der Waals surface area contributed by atoms with Gasteiger partial charge in [-0.05, 0) is 57.7 Å². The first kappa shape index (κ1) is 34.7. The van der Waals surface area contributed by atoms with Crippen molar-refractivity contribution in [2.45, 2.75) is 51.7 Å². The summed E-state index contributed by atoms with van der Waals surface area (Å²) >= 11 is 6.71. The molecule has 3 heterocycles. The molecule has 1 saturated carbocycles. The van der Waals surface area contributed by atoms with Gasteiger partial charge in [-0.15, -0.1) is 0 Å². The predicted octanol–water partition coefficient (Wildman–Crippen LogP) is 5.88. The van der Waals surface area contributed by atoms with E-state index in [0.29, 0.717) is 49.7 Å². The average molecular weight is 680 g/mol. The van der Waals surface area contributed by atoms with E-state index in [2.05, 4.69) is 71.3 Å². The van der Waals surface area contributed by atoms with Gasteiger partial charge in [0.2, 0.25) is 6.54 Å². The third-order valence-electron chi connectivity index (χ3n) is 9.70. The second kappa shape index (κ2) is 14.3. The van der Waals surface area contributed by atoms with E-state index in [1.807, 2.05) is 12.1 Å². The van der Waals surface area contributed by atoms with Crippen molar-refractivity contribution in [3.63, 3.8) is 0 Å². The molecule has 0 N–H and O–H groups in total. The highest BCUT2D eigenvalue weighted by Gasteiger charge is 2.45. The molecule has 1 atom stereocenters. The van der Waals surface area contributed by atoms with Crippen LogP contribution in [0.25, 0.3) is 15.6 Å². The van der Waals surface area contributed by atoms with E-state index in [1.165, 1.54) is 4.90 Å². The molecule has 1 aromatic heterocycles. The third kappa shape index (κ3) is 7.30. The van der Waals surface area contributed by atoms with Gasteiger partial charge in [-0.2, -0.15) is 23.5 Å². The molecule has 3 aliphatic rings. The summed E-state index contributed by atoms with van der Waals surface area (Å²) in [6.07, 6.45) is 2.90. The summed E-state index contributed by atoms with van der Waals surface area (Å²) in [5, 5.41) is 2.81. The van der Waals surface area contributed by atoms with Crippen molar-refractivity contribution in [1.82, 2.24) is 19.8 Å². The number of carbonyl (C=O) groups is 1. The molecule has 250 valence electrons. The Balaban J connectivity index is 0.00000433. The van der Waals surface area contributed by atoms with E-state index in [9.17, 15) is 9.18 Å². The summed E-state index contributed by atoms with van der Waals surface area (Å²) in [5.41, 5.74) is 3.07. The van der Waals surface area contributed by atoms with Crippen molar-refractivity contribution in [3.05, 3.63) is 76.5 Å². The zero-order valence-corrected chi connectivity index (χ0v) is 29.1. The molecular weight excluding hydrogens is 637 g/mol. The minimum absolute atomic E-state index is 0. The lowest BCUT2D eigenvalue weighted by atomic mass is 10.0. The lowest BCUT2D eigenvalue weighted by molar-refractivity contribution is -0.131. The number of piperazine rings is 1. The molecule has 3 aromatic rings. The van der Waals surface area contributed by atoms with Gasteiger partial charge in [0.1, 0.15) is 11.9 Å². The van der Waals surface area contributed by atoms with Crippen LogP contribution in [0.2, 0.25) is 5.02 Å². The van der Waals surface area contributed by atoms with Crippen molar-refractivity contribution in [3.8, 4) is 6.01 Å². The second-order valence-electron chi connectivity index (χ2n) is 13.2. The van der Waals surface area contributed by atoms with Crippen LogP contribution in [0.15, 0.2) is 48.8 Å². The summed E-state index contributed by atoms with van der Waals surface area (Å²) in [4.78, 5) is 34.3. The average Bonchev–Trinajstić information content (AvgIpc) is 3.82. The maximum Gasteiger partial charge on any atom is 0.318 e. The van der Waals surface area contributed by atoms with Gasteiger partial charge in [0.05, 0.1) is 23.9 Å². The lowest BCUT2D eigenvalue weighted by Gasteiger charge is -2.41. The van der Waals surface area contributed by atoms with Crippen LogP contribution in [-0.2, 0) is 17.8 Å². The highest BCUT2D eigenvalue weighted by molar-refractivity contribution is 7.59. The fourth-order valence-corrected chi connectivity index (χ4v) is 6.93. The molecule has 0 bridgehead atoms. The van der Waals surface area contributed by atoms with Crippen molar-refractivity contribution in [1.29, 1.82) is 0 Å². The van der Waals surface area contributed by atoms with Gasteiger partial charge in [0.25, 0.3) is 5.91 Å². The first-order valence-corrected chi connectivity index (χ1v) is 16.4. The Kier molecular flexibility index (Phi) is 10.5. The van der Waals surface area contributed by atoms with Gasteiger partial charge < -0.3 is 29.2 Å². The molecule has 9 nitrogen and oxygen atoms in total. The van der Waals surface area contributed by atoms with Gasteiger partial charge in [0.15, 0.2) is 5.83 Å². The number of anilines is 2. The molecule has 1 amide bonds. The summed E-state index contributed by atoms with van der Waals surface area (Å²) in [6, 6.07) is 12.5. The summed E-state index contributed by atoms with van der Waals surface area (Å²) in [5.74, 6) is -1.00. The number of hydrogen-bond donors (Lipinski definition) is 0. The number of amides is 1. The number of rotatable bonds is 10. The molecular formula is C35H43ClFN7O2S. The number of benzene rings is 2. The molecule has 12 heteroatoms. The molecule has 0 unspecified atom stereocenters. The van der Waals surface area contributed by atoms with Crippen molar-refractivity contribution < 1.29 is 13.9 Å². The molecule has 1 saturated heterocycles. The van der Waals surface area contributed by atoms with E-state index in [-0.39, 0.29) is 32.0 Å². The van der Waals surface area contributed by atoms with Crippen LogP contribution in [0, 0.1) is 12.0 Å². The third-order valence-corrected chi connectivity index (χ3v) is 10.0. The van der Waals surface area contributed by atoms with Crippen LogP contribution in [0.3, 0.4) is 0 Å². The lowest BCUT2D eigenvalue weighted by Crippen LogP contribution is -2.57. The minimum Gasteiger partial charge on any atom is -0.463 e. The second-order valence-corrected chi connectivity index (χ2v) is 13.6. The molecule has 0 radical (unpaired) electrons. The number of aromatic nitrogens is 2. The molecule has 0 spiro atoms. The molecule has 2 fully saturated rings. The highest BCUT2D eigenvalue weighted by atomic mass is 35.5. The number of ether oxygens (including phenoxy) is 1. The minimum atomic E-state index is -1.01. The number of halogens is 2. The Hall–Kier alpha value is -3.59. The summed E-state index contributed by atoms with van der Waals surface area (Å²) in [6.45, 7) is 19.0. The Morgan fingerprint density at radius 1 is 1.19 bits per heavy atom. The Morgan fingerprint density at radius 3 is 2.62 bits per heavy atom. The number of hydrogen-bond acceptors (Lipinski definition) is 7. The Morgan fingerprint density at radius 2 is 1.94 bits per heavy atom. The van der Waals surface area contributed by atoms with Crippen LogP contribution in [0.5, 0.6) is 6.01 Å². The van der Waals surface area contributed by atoms with E-state index in [1.54, 1.807) is 0 Å². The van der Waals surface area contributed by atoms with Crippen LogP contribution >= 0.6 is 25.1 Å². The largest absolute Gasteiger partial charge is 0.463 e. The fourth-order valence-electron chi connectivity index (χ4n) is 6.65. The standard InChI is InChI=1S/C35H41ClFN7O2.H2S/c1-23(2)41(5)21-35(13-14-35)22-46-34-39-29-20-42(30-11-7-9-25-8-6-10-28(36)31(25)30)15-12-27(29)32(40-34)43-16-17-44(33(45)24(3)37)26(19-43)18-38-4;/h6-11,23,26H,3,12-22H2,1-2,5H3;1H2/t26-;/m0./s1. The van der Waals surface area contributed by atoms with Gasteiger partial charge in [-0.1, -0.05) is 42.4 Å². The zero-order valence-electron chi connectivity index (χ0n) is 27.3. The maximum absolute atomic E-state index is 13.9. The molecule has 2 aromatic carbocycles. The van der Waals surface area contributed by atoms with E-state index < -0.39 is 17.8 Å². The molecule has 47 heavy (non-hydrogen) atoms. The van der Waals surface area contributed by atoms with Gasteiger partial charge in [0, 0.05) is 60.8 Å². The van der Waals surface area contributed by atoms with Crippen LogP contribution in [0.4, 0.5) is 15.9 Å². The van der Waals surface area contributed by atoms with Crippen LogP contribution in [-0.4, -0.2) is 90.7 Å². The Labute approximate surface area is 288 Å². The molecule has 1 aliphatic carbocycles. The van der Waals surface area contributed by atoms with E-state index in [4.69, 9.17) is 32.9 Å². The normalized spacial score (nSPS) is 18.5. The van der Waals surface area contributed by atoms with Crippen LogP contribution in [0.1, 0.15) is 37.9 Å². The number of carbonyl (C=O) groups excluding carboxylic acids is 1. The summed E-state index contributed by atoms with van der Waals surface area (Å²) < 4.78 is 20.3. The van der Waals surface area contributed by atoms with Crippen molar-refractivity contribution in [2.75, 3.05) is 62.7 Å². The predicted molar refractivity (Wildman–Crippen MR) is 190 cm³/mol. The van der Waals surface area contributed by atoms with E-state index >= 15 is 0 Å². The molecule has 2 aliphatic heterocycles. The highest BCUT2D eigenvalue weighted by Crippen LogP contribution is 2.47. The van der Waals surface area contributed by atoms with Crippen molar-refractivity contribution >= 4 is 53.3 Å². The van der Waals surface area contributed by atoms with Crippen LogP contribution < -0.4 is 14.5 Å². The van der Waals surface area contributed by atoms with E-state index in [0.717, 1.165) is 59.5 Å². The SMILES string of the molecule is S.[C-]#[N+]C[C@H]1CN(c2nc(OCC3(CN(C)C(C)C)CC3)nc3c2CCN(c2cccc4cccc(Cl)c24)C3)CCN1C(=O)C(=C)F. The van der Waals surface area contributed by atoms with Crippen molar-refractivity contribution in [2.24, 2.45) is 5.41 Å². The number of fused-ring (bicyclic) bond motifs is 2. The first-order chi connectivity index (χ1) is 22.1.